The lowest BCUT2D eigenvalue weighted by Gasteiger charge is -2.36. The van der Waals surface area contributed by atoms with E-state index in [4.69, 9.17) is 4.42 Å². The second-order valence-electron chi connectivity index (χ2n) is 8.77. The first-order valence-corrected chi connectivity index (χ1v) is 13.0. The number of carbonyl (C=O) groups is 1. The molecule has 2 aromatic carbocycles. The Balaban J connectivity index is 1.63. The molecule has 1 aliphatic rings. The predicted molar refractivity (Wildman–Crippen MR) is 137 cm³/mol. The Morgan fingerprint density at radius 2 is 1.70 bits per heavy atom. The van der Waals surface area contributed by atoms with E-state index in [1.165, 1.54) is 47.6 Å². The number of furan rings is 1. The smallest absolute Gasteiger partial charge is 0.451 e. The molecule has 3 heterocycles. The van der Waals surface area contributed by atoms with Gasteiger partial charge in [-0.2, -0.15) is 13.2 Å². The van der Waals surface area contributed by atoms with Crippen LogP contribution in [0.25, 0.3) is 22.4 Å². The molecule has 4 aromatic rings. The molecule has 1 N–H and O–H groups in total. The Labute approximate surface area is 227 Å². The van der Waals surface area contributed by atoms with Gasteiger partial charge in [0.15, 0.2) is 5.76 Å². The number of hydrogen-bond acceptors (Lipinski definition) is 7. The standard InChI is InChI=1S/C26H21F4N5O4S/c27-18-8-6-16(7-9-18)22-21(17-3-1-4-19(15-17)33-40(37)38)23(32-25(31-22)26(28,29)30)34-10-12-35(13-11-34)24(36)20-5-2-14-39-20/h1-9,14-15,33H,10-13H2,(H,37,38)/p-1. The van der Waals surface area contributed by atoms with E-state index in [2.05, 4.69) is 14.7 Å². The molecule has 1 saturated heterocycles. The number of amides is 1. The molecule has 0 bridgehead atoms. The highest BCUT2D eigenvalue weighted by Crippen LogP contribution is 2.41. The maximum absolute atomic E-state index is 14.0. The van der Waals surface area contributed by atoms with Crippen molar-refractivity contribution in [1.82, 2.24) is 14.9 Å². The van der Waals surface area contributed by atoms with Gasteiger partial charge in [-0.05, 0) is 54.1 Å². The Bertz CT molecular complexity index is 1540. The van der Waals surface area contributed by atoms with Crippen molar-refractivity contribution in [2.45, 2.75) is 6.18 Å². The number of nitrogens with one attached hydrogen (secondary N) is 1. The summed E-state index contributed by atoms with van der Waals surface area (Å²) >= 11 is -2.65. The van der Waals surface area contributed by atoms with E-state index >= 15 is 0 Å². The number of benzene rings is 2. The van der Waals surface area contributed by atoms with Gasteiger partial charge in [-0.1, -0.05) is 12.1 Å². The Morgan fingerprint density at radius 1 is 0.975 bits per heavy atom. The first-order chi connectivity index (χ1) is 19.1. The Morgan fingerprint density at radius 3 is 2.33 bits per heavy atom. The lowest BCUT2D eigenvalue weighted by molar-refractivity contribution is -0.144. The number of aromatic nitrogens is 2. The molecule has 0 spiro atoms. The minimum absolute atomic E-state index is 0.0628. The summed E-state index contributed by atoms with van der Waals surface area (Å²) in [5.74, 6) is -2.24. The third kappa shape index (κ3) is 5.82. The van der Waals surface area contributed by atoms with Crippen LogP contribution in [0.3, 0.4) is 0 Å². The van der Waals surface area contributed by atoms with Crippen LogP contribution in [0.2, 0.25) is 0 Å². The van der Waals surface area contributed by atoms with Gasteiger partial charge in [0, 0.05) is 48.7 Å². The molecular weight excluding hydrogens is 554 g/mol. The topological polar surface area (TPSA) is 115 Å². The fourth-order valence-electron chi connectivity index (χ4n) is 4.40. The molecule has 5 rings (SSSR count). The summed E-state index contributed by atoms with van der Waals surface area (Å²) < 4.78 is 85.6. The van der Waals surface area contributed by atoms with Crippen LogP contribution in [0, 0.1) is 5.82 Å². The molecule has 208 valence electrons. The van der Waals surface area contributed by atoms with Gasteiger partial charge in [0.2, 0.25) is 5.82 Å². The fourth-order valence-corrected chi connectivity index (χ4v) is 4.72. The van der Waals surface area contributed by atoms with Gasteiger partial charge in [-0.25, -0.2) is 14.4 Å². The SMILES string of the molecule is O=C(c1ccco1)N1CCN(c2nc(C(F)(F)F)nc(-c3ccc(F)cc3)c2-c2cccc(NS(=O)[O-])c2)CC1. The molecule has 1 aliphatic heterocycles. The van der Waals surface area contributed by atoms with Crippen LogP contribution in [0.4, 0.5) is 29.1 Å². The summed E-state index contributed by atoms with van der Waals surface area (Å²) in [6.45, 7) is 0.623. The highest BCUT2D eigenvalue weighted by Gasteiger charge is 2.38. The number of anilines is 2. The lowest BCUT2D eigenvalue weighted by atomic mass is 9.98. The second kappa shape index (κ2) is 11.1. The van der Waals surface area contributed by atoms with E-state index in [0.717, 1.165) is 12.1 Å². The van der Waals surface area contributed by atoms with Gasteiger partial charge in [0.05, 0.1) is 17.5 Å². The average molecular weight is 575 g/mol. The van der Waals surface area contributed by atoms with E-state index in [1.807, 2.05) is 0 Å². The fraction of sp³-hybridized carbons (Fsp3) is 0.192. The number of nitrogens with zero attached hydrogens (tertiary/aromatic N) is 4. The van der Waals surface area contributed by atoms with Crippen LogP contribution in [-0.4, -0.2) is 55.7 Å². The molecule has 1 atom stereocenters. The third-order valence-corrected chi connectivity index (χ3v) is 6.61. The largest absolute Gasteiger partial charge is 0.755 e. The normalized spacial score (nSPS) is 14.7. The average Bonchev–Trinajstić information content (AvgIpc) is 3.47. The monoisotopic (exact) mass is 574 g/mol. The molecule has 2 aromatic heterocycles. The first kappa shape index (κ1) is 27.3. The maximum atomic E-state index is 14.0. The number of piperazine rings is 1. The number of alkyl halides is 3. The van der Waals surface area contributed by atoms with E-state index in [1.54, 1.807) is 17.0 Å². The zero-order chi connectivity index (χ0) is 28.4. The zero-order valence-electron chi connectivity index (χ0n) is 20.5. The highest BCUT2D eigenvalue weighted by molar-refractivity contribution is 7.80. The number of hydrogen-bond donors (Lipinski definition) is 1. The molecule has 1 fully saturated rings. The van der Waals surface area contributed by atoms with E-state index in [0.29, 0.717) is 5.56 Å². The zero-order valence-corrected chi connectivity index (χ0v) is 21.3. The minimum Gasteiger partial charge on any atom is -0.755 e. The summed E-state index contributed by atoms with van der Waals surface area (Å²) in [6, 6.07) is 13.9. The van der Waals surface area contributed by atoms with Crippen LogP contribution >= 0.6 is 0 Å². The molecule has 14 heteroatoms. The molecule has 1 amide bonds. The summed E-state index contributed by atoms with van der Waals surface area (Å²) in [4.78, 5) is 23.6. The summed E-state index contributed by atoms with van der Waals surface area (Å²) in [6.07, 6.45) is -3.53. The number of halogens is 4. The van der Waals surface area contributed by atoms with Gasteiger partial charge in [0.25, 0.3) is 5.91 Å². The maximum Gasteiger partial charge on any atom is 0.451 e. The molecule has 0 radical (unpaired) electrons. The van der Waals surface area contributed by atoms with Crippen LogP contribution < -0.4 is 9.62 Å². The van der Waals surface area contributed by atoms with Gasteiger partial charge >= 0.3 is 6.18 Å². The van der Waals surface area contributed by atoms with Crippen LogP contribution in [0.5, 0.6) is 0 Å². The summed E-state index contributed by atoms with van der Waals surface area (Å²) in [5.41, 5.74) is 0.753. The van der Waals surface area contributed by atoms with Crippen molar-refractivity contribution in [2.75, 3.05) is 35.8 Å². The van der Waals surface area contributed by atoms with Crippen molar-refractivity contribution < 1.29 is 35.5 Å². The summed E-state index contributed by atoms with van der Waals surface area (Å²) in [5, 5.41) is 0. The van der Waals surface area contributed by atoms with Gasteiger partial charge in [0.1, 0.15) is 11.6 Å². The van der Waals surface area contributed by atoms with E-state index < -0.39 is 29.1 Å². The predicted octanol–water partition coefficient (Wildman–Crippen LogP) is 4.73. The molecular formula is C26H20F4N5O4S-. The van der Waals surface area contributed by atoms with Gasteiger partial charge in [-0.15, -0.1) is 0 Å². The van der Waals surface area contributed by atoms with Gasteiger partial charge < -0.3 is 23.5 Å². The van der Waals surface area contributed by atoms with Gasteiger partial charge in [-0.3, -0.25) is 9.00 Å². The molecule has 9 nitrogen and oxygen atoms in total. The van der Waals surface area contributed by atoms with Crippen molar-refractivity contribution in [2.24, 2.45) is 0 Å². The molecule has 0 saturated carbocycles. The summed E-state index contributed by atoms with van der Waals surface area (Å²) in [7, 11) is 0. The number of carbonyl (C=O) groups excluding carboxylic acids is 1. The van der Waals surface area contributed by atoms with Crippen molar-refractivity contribution in [3.8, 4) is 22.4 Å². The van der Waals surface area contributed by atoms with Crippen LogP contribution in [0.1, 0.15) is 16.4 Å². The third-order valence-electron chi connectivity index (χ3n) is 6.21. The Hall–Kier alpha value is -4.30. The number of rotatable bonds is 6. The van der Waals surface area contributed by atoms with Crippen molar-refractivity contribution >= 4 is 28.7 Å². The Kier molecular flexibility index (Phi) is 7.54. The molecule has 1 unspecified atom stereocenters. The quantitative estimate of drug-likeness (QED) is 0.262. The van der Waals surface area contributed by atoms with Crippen molar-refractivity contribution in [1.29, 1.82) is 0 Å². The molecule has 40 heavy (non-hydrogen) atoms. The van der Waals surface area contributed by atoms with E-state index in [-0.39, 0.29) is 66.2 Å². The highest BCUT2D eigenvalue weighted by atomic mass is 32.2. The lowest BCUT2D eigenvalue weighted by Crippen LogP contribution is -2.49. The van der Waals surface area contributed by atoms with E-state index in [9.17, 15) is 31.1 Å². The molecule has 0 aliphatic carbocycles. The van der Waals surface area contributed by atoms with Crippen molar-refractivity contribution in [3.05, 3.63) is 84.3 Å². The first-order valence-electron chi connectivity index (χ1n) is 11.9. The minimum atomic E-state index is -4.90. The van der Waals surface area contributed by atoms with Crippen molar-refractivity contribution in [3.63, 3.8) is 0 Å². The second-order valence-corrected chi connectivity index (χ2v) is 9.45. The van der Waals surface area contributed by atoms with Crippen LogP contribution in [-0.2, 0) is 17.4 Å². The van der Waals surface area contributed by atoms with Crippen LogP contribution in [0.15, 0.2) is 71.3 Å².